The van der Waals surface area contributed by atoms with Gasteiger partial charge in [-0.15, -0.1) is 0 Å². The first-order valence-corrected chi connectivity index (χ1v) is 10.4. The van der Waals surface area contributed by atoms with Crippen molar-refractivity contribution in [3.63, 3.8) is 0 Å². The molecule has 7 nitrogen and oxygen atoms in total. The minimum Gasteiger partial charge on any atom is -0.381 e. The highest BCUT2D eigenvalue weighted by molar-refractivity contribution is 5.99. The Morgan fingerprint density at radius 2 is 2.10 bits per heavy atom. The Labute approximate surface area is 174 Å². The van der Waals surface area contributed by atoms with Crippen molar-refractivity contribution in [1.82, 2.24) is 19.7 Å². The maximum Gasteiger partial charge on any atom is 0.219 e. The molecule has 3 aromatic rings. The molecule has 154 valence electrons. The Balaban J connectivity index is 1.72. The van der Waals surface area contributed by atoms with Gasteiger partial charge in [0, 0.05) is 79.8 Å². The summed E-state index contributed by atoms with van der Waals surface area (Å²) in [6.45, 7) is 4.33. The maximum atomic E-state index is 12.1. The van der Waals surface area contributed by atoms with Crippen LogP contribution in [0.25, 0.3) is 22.0 Å². The largest absolute Gasteiger partial charge is 0.381 e. The highest BCUT2D eigenvalue weighted by Crippen LogP contribution is 2.37. The highest BCUT2D eigenvalue weighted by atomic mass is 16.5. The smallest absolute Gasteiger partial charge is 0.219 e. The van der Waals surface area contributed by atoms with Crippen LogP contribution in [0.2, 0.25) is 0 Å². The second kappa shape index (κ2) is 7.65. The van der Waals surface area contributed by atoms with Gasteiger partial charge in [0.2, 0.25) is 5.91 Å². The Bertz CT molecular complexity index is 1130. The number of pyridine rings is 1. The average Bonchev–Trinajstić information content (AvgIpc) is 3.17. The number of aldehydes is 1. The molecule has 4 heterocycles. The lowest BCUT2D eigenvalue weighted by atomic mass is 9.95. The molecule has 1 aromatic carbocycles. The maximum absolute atomic E-state index is 12.1. The molecule has 2 aliphatic rings. The van der Waals surface area contributed by atoms with E-state index in [1.54, 1.807) is 13.1 Å². The third-order valence-electron chi connectivity index (χ3n) is 6.24. The zero-order valence-electron chi connectivity index (χ0n) is 17.0. The number of carbonyl (C=O) groups excluding carboxylic acids is 2. The second-order valence-corrected chi connectivity index (χ2v) is 8.04. The monoisotopic (exact) mass is 404 g/mol. The van der Waals surface area contributed by atoms with Gasteiger partial charge in [-0.1, -0.05) is 0 Å². The van der Waals surface area contributed by atoms with Crippen molar-refractivity contribution in [2.45, 2.75) is 38.8 Å². The van der Waals surface area contributed by atoms with E-state index in [1.165, 1.54) is 5.69 Å². The lowest BCUT2D eigenvalue weighted by Crippen LogP contribution is -2.35. The summed E-state index contributed by atoms with van der Waals surface area (Å²) >= 11 is 0. The Morgan fingerprint density at radius 3 is 2.87 bits per heavy atom. The van der Waals surface area contributed by atoms with Crippen LogP contribution in [-0.4, -0.2) is 51.6 Å². The molecular weight excluding hydrogens is 380 g/mol. The van der Waals surface area contributed by atoms with Crippen LogP contribution in [0.5, 0.6) is 0 Å². The van der Waals surface area contributed by atoms with Crippen molar-refractivity contribution >= 4 is 23.0 Å². The zero-order chi connectivity index (χ0) is 20.7. The van der Waals surface area contributed by atoms with E-state index >= 15 is 0 Å². The van der Waals surface area contributed by atoms with Crippen molar-refractivity contribution in [3.8, 4) is 11.3 Å². The first-order valence-electron chi connectivity index (χ1n) is 10.4. The van der Waals surface area contributed by atoms with Crippen LogP contribution < -0.4 is 0 Å². The molecule has 1 amide bonds. The van der Waals surface area contributed by atoms with E-state index in [4.69, 9.17) is 9.84 Å². The standard InChI is InChI=1S/C23H24N4O3/c1-15(29)26-7-3-22-21(13-26)23(25-27(22)18-4-8-30-9-5-18)19-11-16(14-28)10-17-2-6-24-12-20(17)19/h2,6,10-12,14,18H,3-5,7-9,13H2,1H3. The molecule has 0 radical (unpaired) electrons. The number of nitrogens with zero attached hydrogens (tertiary/aromatic N) is 4. The normalized spacial score (nSPS) is 17.2. The Morgan fingerprint density at radius 1 is 1.27 bits per heavy atom. The summed E-state index contributed by atoms with van der Waals surface area (Å²) < 4.78 is 7.72. The molecule has 0 spiro atoms. The highest BCUT2D eigenvalue weighted by Gasteiger charge is 2.30. The number of hydrogen-bond acceptors (Lipinski definition) is 5. The quantitative estimate of drug-likeness (QED) is 0.627. The van der Waals surface area contributed by atoms with E-state index in [0.29, 0.717) is 24.7 Å². The molecule has 0 saturated carbocycles. The number of fused-ring (bicyclic) bond motifs is 2. The van der Waals surface area contributed by atoms with Crippen LogP contribution in [0.15, 0.2) is 30.6 Å². The van der Waals surface area contributed by atoms with Gasteiger partial charge >= 0.3 is 0 Å². The predicted octanol–water partition coefficient (Wildman–Crippen LogP) is 3.17. The minimum absolute atomic E-state index is 0.0681. The Kier molecular flexibility index (Phi) is 4.83. The topological polar surface area (TPSA) is 77.3 Å². The fourth-order valence-electron chi connectivity index (χ4n) is 4.65. The molecule has 0 aliphatic carbocycles. The number of amides is 1. The van der Waals surface area contributed by atoms with Crippen LogP contribution in [0, 0.1) is 0 Å². The zero-order valence-corrected chi connectivity index (χ0v) is 17.0. The number of aromatic nitrogens is 3. The molecule has 0 unspecified atom stereocenters. The van der Waals surface area contributed by atoms with Gasteiger partial charge < -0.3 is 9.64 Å². The van der Waals surface area contributed by atoms with Gasteiger partial charge in [0.05, 0.1) is 11.7 Å². The van der Waals surface area contributed by atoms with E-state index in [0.717, 1.165) is 66.4 Å². The van der Waals surface area contributed by atoms with E-state index in [9.17, 15) is 9.59 Å². The molecule has 0 N–H and O–H groups in total. The van der Waals surface area contributed by atoms with Gasteiger partial charge in [0.25, 0.3) is 0 Å². The first kappa shape index (κ1) is 18.9. The average molecular weight is 404 g/mol. The minimum atomic E-state index is 0.0681. The molecule has 2 aromatic heterocycles. The van der Waals surface area contributed by atoms with Crippen LogP contribution >= 0.6 is 0 Å². The van der Waals surface area contributed by atoms with E-state index in [2.05, 4.69) is 9.67 Å². The van der Waals surface area contributed by atoms with Crippen LogP contribution in [0.1, 0.15) is 47.4 Å². The van der Waals surface area contributed by atoms with Crippen molar-refractivity contribution in [2.24, 2.45) is 0 Å². The third-order valence-corrected chi connectivity index (χ3v) is 6.24. The third kappa shape index (κ3) is 3.19. The van der Waals surface area contributed by atoms with E-state index in [1.807, 2.05) is 29.3 Å². The number of ether oxygens (including phenoxy) is 1. The van der Waals surface area contributed by atoms with Crippen molar-refractivity contribution < 1.29 is 14.3 Å². The number of carbonyl (C=O) groups is 2. The summed E-state index contributed by atoms with van der Waals surface area (Å²) in [6, 6.07) is 5.97. The van der Waals surface area contributed by atoms with E-state index < -0.39 is 0 Å². The van der Waals surface area contributed by atoms with Crippen LogP contribution in [0.3, 0.4) is 0 Å². The van der Waals surface area contributed by atoms with Crippen molar-refractivity contribution in [1.29, 1.82) is 0 Å². The molecular formula is C23H24N4O3. The van der Waals surface area contributed by atoms with Gasteiger partial charge in [0.1, 0.15) is 6.29 Å². The molecule has 1 saturated heterocycles. The van der Waals surface area contributed by atoms with Gasteiger partial charge in [-0.25, -0.2) is 0 Å². The summed E-state index contributed by atoms with van der Waals surface area (Å²) in [5.74, 6) is 0.0681. The van der Waals surface area contributed by atoms with Crippen LogP contribution in [-0.2, 0) is 22.5 Å². The molecule has 0 atom stereocenters. The fraction of sp³-hybridized carbons (Fsp3) is 0.391. The fourth-order valence-corrected chi connectivity index (χ4v) is 4.65. The summed E-state index contributed by atoms with van der Waals surface area (Å²) in [5, 5.41) is 7.00. The molecule has 0 bridgehead atoms. The van der Waals surface area contributed by atoms with Crippen molar-refractivity contribution in [3.05, 3.63) is 47.4 Å². The van der Waals surface area contributed by atoms with Crippen LogP contribution in [0.4, 0.5) is 0 Å². The van der Waals surface area contributed by atoms with Gasteiger partial charge in [-0.3, -0.25) is 19.3 Å². The van der Waals surface area contributed by atoms with Gasteiger partial charge in [-0.05, 0) is 36.4 Å². The Hall–Kier alpha value is -3.06. The number of rotatable bonds is 3. The van der Waals surface area contributed by atoms with Gasteiger partial charge in [0.15, 0.2) is 0 Å². The first-order chi connectivity index (χ1) is 14.7. The number of hydrogen-bond donors (Lipinski definition) is 0. The molecule has 7 heteroatoms. The molecule has 5 rings (SSSR count). The van der Waals surface area contributed by atoms with Gasteiger partial charge in [-0.2, -0.15) is 5.10 Å². The summed E-state index contributed by atoms with van der Waals surface area (Å²) in [4.78, 5) is 29.9. The molecule has 2 aliphatic heterocycles. The summed E-state index contributed by atoms with van der Waals surface area (Å²) in [5.41, 5.74) is 4.63. The summed E-state index contributed by atoms with van der Waals surface area (Å²) in [6.07, 6.45) is 7.07. The number of benzene rings is 1. The SMILES string of the molecule is CC(=O)N1CCc2c(c(-c3cc(C=O)cc4ccncc34)nn2C2CCOCC2)C1. The van der Waals surface area contributed by atoms with E-state index in [-0.39, 0.29) is 5.91 Å². The molecule has 1 fully saturated rings. The predicted molar refractivity (Wildman–Crippen MR) is 112 cm³/mol. The lowest BCUT2D eigenvalue weighted by Gasteiger charge is -2.29. The summed E-state index contributed by atoms with van der Waals surface area (Å²) in [7, 11) is 0. The molecule has 30 heavy (non-hydrogen) atoms. The second-order valence-electron chi connectivity index (χ2n) is 8.04. The van der Waals surface area contributed by atoms with Crippen molar-refractivity contribution in [2.75, 3.05) is 19.8 Å². The lowest BCUT2D eigenvalue weighted by molar-refractivity contribution is -0.129.